The SMILES string of the molecule is CC1CC(C(=O)Nc2cc(C(N)=O)c(F)cc2F)CCN1. The minimum absolute atomic E-state index is 0.203. The number of nitrogens with two attached hydrogens (primary N) is 1. The topological polar surface area (TPSA) is 84.2 Å². The number of carbonyl (C=O) groups excluding carboxylic acids is 2. The van der Waals surface area contributed by atoms with Crippen LogP contribution in [0.15, 0.2) is 12.1 Å². The third-order valence-electron chi connectivity index (χ3n) is 3.57. The first kappa shape index (κ1) is 15.4. The number of halogens is 2. The van der Waals surface area contributed by atoms with Gasteiger partial charge in [-0.2, -0.15) is 0 Å². The Hall–Kier alpha value is -2.02. The van der Waals surface area contributed by atoms with Gasteiger partial charge >= 0.3 is 0 Å². The fourth-order valence-corrected chi connectivity index (χ4v) is 2.44. The molecule has 4 N–H and O–H groups in total. The van der Waals surface area contributed by atoms with Crippen molar-refractivity contribution < 1.29 is 18.4 Å². The van der Waals surface area contributed by atoms with Gasteiger partial charge in [-0.25, -0.2) is 8.78 Å². The number of anilines is 1. The molecule has 2 amide bonds. The number of amides is 2. The van der Waals surface area contributed by atoms with Crippen molar-refractivity contribution in [3.63, 3.8) is 0 Å². The molecule has 0 radical (unpaired) electrons. The van der Waals surface area contributed by atoms with Crippen molar-refractivity contribution in [2.75, 3.05) is 11.9 Å². The Morgan fingerprint density at radius 1 is 1.33 bits per heavy atom. The predicted molar refractivity (Wildman–Crippen MR) is 73.7 cm³/mol. The molecule has 1 aliphatic heterocycles. The minimum Gasteiger partial charge on any atom is -0.366 e. The Morgan fingerprint density at radius 3 is 2.67 bits per heavy atom. The van der Waals surface area contributed by atoms with Gasteiger partial charge in [-0.3, -0.25) is 9.59 Å². The maximum Gasteiger partial charge on any atom is 0.251 e. The van der Waals surface area contributed by atoms with Crippen molar-refractivity contribution in [1.29, 1.82) is 0 Å². The highest BCUT2D eigenvalue weighted by Gasteiger charge is 2.25. The molecule has 1 aromatic carbocycles. The van der Waals surface area contributed by atoms with E-state index in [4.69, 9.17) is 5.73 Å². The van der Waals surface area contributed by atoms with Crippen LogP contribution in [0.3, 0.4) is 0 Å². The Bertz CT molecular complexity index is 578. The van der Waals surface area contributed by atoms with Gasteiger partial charge in [0.2, 0.25) is 5.91 Å². The second kappa shape index (κ2) is 6.17. The van der Waals surface area contributed by atoms with E-state index in [2.05, 4.69) is 10.6 Å². The van der Waals surface area contributed by atoms with Crippen LogP contribution in [0.25, 0.3) is 0 Å². The molecule has 2 rings (SSSR count). The molecule has 2 atom stereocenters. The standard InChI is InChI=1S/C14H17F2N3O2/c1-7-4-8(2-3-18-7)14(21)19-12-5-9(13(17)20)10(15)6-11(12)16/h5-8,18H,2-4H2,1H3,(H2,17,20)(H,19,21). The van der Waals surface area contributed by atoms with Crippen LogP contribution in [0.1, 0.15) is 30.1 Å². The largest absolute Gasteiger partial charge is 0.366 e. The first-order chi connectivity index (χ1) is 9.88. The zero-order valence-corrected chi connectivity index (χ0v) is 11.6. The van der Waals surface area contributed by atoms with Crippen LogP contribution in [-0.4, -0.2) is 24.4 Å². The van der Waals surface area contributed by atoms with Gasteiger partial charge in [0.15, 0.2) is 0 Å². The van der Waals surface area contributed by atoms with E-state index in [1.165, 1.54) is 0 Å². The molecule has 0 aliphatic carbocycles. The van der Waals surface area contributed by atoms with Crippen LogP contribution < -0.4 is 16.4 Å². The van der Waals surface area contributed by atoms with Crippen molar-refractivity contribution in [1.82, 2.24) is 5.32 Å². The Kier molecular flexibility index (Phi) is 4.52. The van der Waals surface area contributed by atoms with Crippen molar-refractivity contribution in [3.05, 3.63) is 29.3 Å². The van der Waals surface area contributed by atoms with Crippen LogP contribution >= 0.6 is 0 Å². The van der Waals surface area contributed by atoms with Gasteiger partial charge in [0.25, 0.3) is 5.91 Å². The normalized spacial score (nSPS) is 21.9. The van der Waals surface area contributed by atoms with Crippen molar-refractivity contribution in [2.24, 2.45) is 11.7 Å². The number of benzene rings is 1. The van der Waals surface area contributed by atoms with E-state index < -0.39 is 23.1 Å². The average Bonchev–Trinajstić information content (AvgIpc) is 2.41. The lowest BCUT2D eigenvalue weighted by molar-refractivity contribution is -0.120. The molecular weight excluding hydrogens is 280 g/mol. The molecule has 0 aromatic heterocycles. The summed E-state index contributed by atoms with van der Waals surface area (Å²) in [5.41, 5.74) is 4.31. The summed E-state index contributed by atoms with van der Waals surface area (Å²) in [7, 11) is 0. The lowest BCUT2D eigenvalue weighted by atomic mass is 9.92. The zero-order chi connectivity index (χ0) is 15.6. The quantitative estimate of drug-likeness (QED) is 0.788. The maximum absolute atomic E-state index is 13.7. The fourth-order valence-electron chi connectivity index (χ4n) is 2.44. The minimum atomic E-state index is -1.05. The van der Waals surface area contributed by atoms with Gasteiger partial charge in [0.1, 0.15) is 11.6 Å². The zero-order valence-electron chi connectivity index (χ0n) is 11.6. The van der Waals surface area contributed by atoms with Crippen molar-refractivity contribution in [3.8, 4) is 0 Å². The maximum atomic E-state index is 13.7. The number of carbonyl (C=O) groups is 2. The Labute approximate surface area is 120 Å². The summed E-state index contributed by atoms with van der Waals surface area (Å²) in [5.74, 6) is -3.59. The highest BCUT2D eigenvalue weighted by molar-refractivity contribution is 5.97. The monoisotopic (exact) mass is 297 g/mol. The molecule has 2 unspecified atom stereocenters. The summed E-state index contributed by atoms with van der Waals surface area (Å²) in [5, 5.41) is 5.62. The summed E-state index contributed by atoms with van der Waals surface area (Å²) in [6.07, 6.45) is 1.28. The fraction of sp³-hybridized carbons (Fsp3) is 0.429. The molecular formula is C14H17F2N3O2. The highest BCUT2D eigenvalue weighted by atomic mass is 19.1. The molecule has 7 heteroatoms. The van der Waals surface area contributed by atoms with Crippen LogP contribution in [0.5, 0.6) is 0 Å². The molecule has 114 valence electrons. The smallest absolute Gasteiger partial charge is 0.251 e. The van der Waals surface area contributed by atoms with Gasteiger partial charge < -0.3 is 16.4 Å². The molecule has 5 nitrogen and oxygen atoms in total. The molecule has 21 heavy (non-hydrogen) atoms. The van der Waals surface area contributed by atoms with E-state index in [-0.39, 0.29) is 23.6 Å². The Balaban J connectivity index is 2.17. The van der Waals surface area contributed by atoms with E-state index in [0.717, 1.165) is 6.07 Å². The van der Waals surface area contributed by atoms with Crippen molar-refractivity contribution in [2.45, 2.75) is 25.8 Å². The molecule has 0 saturated carbocycles. The van der Waals surface area contributed by atoms with E-state index >= 15 is 0 Å². The summed E-state index contributed by atoms with van der Waals surface area (Å²) in [6.45, 7) is 2.67. The molecule has 1 saturated heterocycles. The van der Waals surface area contributed by atoms with Crippen molar-refractivity contribution >= 4 is 17.5 Å². The van der Waals surface area contributed by atoms with Gasteiger partial charge in [-0.15, -0.1) is 0 Å². The molecule has 1 fully saturated rings. The number of rotatable bonds is 3. The van der Waals surface area contributed by atoms with Gasteiger partial charge in [0, 0.05) is 18.0 Å². The van der Waals surface area contributed by atoms with Gasteiger partial charge in [-0.05, 0) is 32.4 Å². The lowest BCUT2D eigenvalue weighted by Crippen LogP contribution is -2.40. The highest BCUT2D eigenvalue weighted by Crippen LogP contribution is 2.22. The van der Waals surface area contributed by atoms with Crippen LogP contribution in [0, 0.1) is 17.6 Å². The summed E-state index contributed by atoms with van der Waals surface area (Å²) < 4.78 is 27.0. The first-order valence-corrected chi connectivity index (χ1v) is 6.71. The molecule has 0 spiro atoms. The Morgan fingerprint density at radius 2 is 2.05 bits per heavy atom. The first-order valence-electron chi connectivity index (χ1n) is 6.71. The second-order valence-corrected chi connectivity index (χ2v) is 5.24. The summed E-state index contributed by atoms with van der Waals surface area (Å²) in [6, 6.07) is 1.67. The number of hydrogen-bond acceptors (Lipinski definition) is 3. The summed E-state index contributed by atoms with van der Waals surface area (Å²) in [4.78, 5) is 23.2. The number of primary amides is 1. The van der Waals surface area contributed by atoms with Crippen LogP contribution in [0.2, 0.25) is 0 Å². The molecule has 1 aliphatic rings. The van der Waals surface area contributed by atoms with E-state index in [1.54, 1.807) is 0 Å². The second-order valence-electron chi connectivity index (χ2n) is 5.24. The van der Waals surface area contributed by atoms with Crippen LogP contribution in [0.4, 0.5) is 14.5 Å². The average molecular weight is 297 g/mol. The lowest BCUT2D eigenvalue weighted by Gasteiger charge is -2.27. The number of nitrogens with one attached hydrogen (secondary N) is 2. The molecule has 1 aromatic rings. The van der Waals surface area contributed by atoms with Gasteiger partial charge in [-0.1, -0.05) is 0 Å². The van der Waals surface area contributed by atoms with E-state index in [9.17, 15) is 18.4 Å². The predicted octanol–water partition coefficient (Wildman–Crippen LogP) is 1.39. The third-order valence-corrected chi connectivity index (χ3v) is 3.57. The van der Waals surface area contributed by atoms with E-state index in [1.807, 2.05) is 6.92 Å². The van der Waals surface area contributed by atoms with Crippen LogP contribution in [-0.2, 0) is 4.79 Å². The third kappa shape index (κ3) is 3.55. The number of piperidine rings is 1. The van der Waals surface area contributed by atoms with Gasteiger partial charge in [0.05, 0.1) is 11.3 Å². The molecule has 0 bridgehead atoms. The van der Waals surface area contributed by atoms with E-state index in [0.29, 0.717) is 25.5 Å². The molecule has 1 heterocycles. The number of hydrogen-bond donors (Lipinski definition) is 3. The summed E-state index contributed by atoms with van der Waals surface area (Å²) >= 11 is 0.